The summed E-state index contributed by atoms with van der Waals surface area (Å²) in [6, 6.07) is 0. The summed E-state index contributed by atoms with van der Waals surface area (Å²) in [4.78, 5) is 11.7. The fraction of sp³-hybridized carbons (Fsp3) is 0.750. The van der Waals surface area contributed by atoms with Crippen LogP contribution >= 0.6 is 0 Å². The van der Waals surface area contributed by atoms with E-state index in [1.54, 1.807) is 6.92 Å². The van der Waals surface area contributed by atoms with Crippen LogP contribution in [0.4, 0.5) is 0 Å². The van der Waals surface area contributed by atoms with Gasteiger partial charge in [-0.15, -0.1) is 0 Å². The van der Waals surface area contributed by atoms with Crippen LogP contribution in [0.2, 0.25) is 0 Å². The third-order valence-electron chi connectivity index (χ3n) is 3.14. The molecule has 0 unspecified atom stereocenters. The van der Waals surface area contributed by atoms with Crippen LogP contribution in [-0.2, 0) is 23.8 Å². The maximum absolute atomic E-state index is 11.7. The average Bonchev–Trinajstić information content (AvgIpc) is 2.22. The second kappa shape index (κ2) is 5.84. The third-order valence-corrected chi connectivity index (χ3v) is 3.73. The molecule has 0 aromatic carbocycles. The predicted octanol–water partition coefficient (Wildman–Crippen LogP) is 1.50. The van der Waals surface area contributed by atoms with Gasteiger partial charge in [-0.3, -0.25) is 4.18 Å². The van der Waals surface area contributed by atoms with E-state index in [9.17, 15) is 13.2 Å². The molecule has 18 heavy (non-hydrogen) atoms. The van der Waals surface area contributed by atoms with Crippen molar-refractivity contribution in [3.63, 3.8) is 0 Å². The molecule has 6 heteroatoms. The summed E-state index contributed by atoms with van der Waals surface area (Å²) < 4.78 is 32.4. The van der Waals surface area contributed by atoms with E-state index >= 15 is 0 Å². The molecule has 0 N–H and O–H groups in total. The second-order valence-corrected chi connectivity index (χ2v) is 6.27. The summed E-state index contributed by atoms with van der Waals surface area (Å²) in [7, 11) is -3.52. The van der Waals surface area contributed by atoms with Crippen LogP contribution in [0, 0.1) is 11.8 Å². The number of hydrogen-bond acceptors (Lipinski definition) is 5. The van der Waals surface area contributed by atoms with Crippen molar-refractivity contribution in [2.45, 2.75) is 33.3 Å². The first-order valence-electron chi connectivity index (χ1n) is 6.00. The zero-order chi connectivity index (χ0) is 13.9. The molecule has 0 fully saturated rings. The van der Waals surface area contributed by atoms with Gasteiger partial charge in [-0.05, 0) is 18.8 Å². The van der Waals surface area contributed by atoms with Gasteiger partial charge < -0.3 is 4.74 Å². The van der Waals surface area contributed by atoms with Crippen molar-refractivity contribution >= 4 is 16.1 Å². The van der Waals surface area contributed by atoms with Crippen LogP contribution in [0.1, 0.15) is 27.2 Å². The van der Waals surface area contributed by atoms with E-state index in [1.807, 2.05) is 19.9 Å². The molecule has 0 saturated carbocycles. The Morgan fingerprint density at radius 2 is 2.06 bits per heavy atom. The predicted molar refractivity (Wildman–Crippen MR) is 67.4 cm³/mol. The highest BCUT2D eigenvalue weighted by molar-refractivity contribution is 7.86. The Hall–Kier alpha value is -0.880. The molecule has 1 aliphatic rings. The normalized spacial score (nSPS) is 28.7. The molecule has 0 spiro atoms. The topological polar surface area (TPSA) is 69.7 Å². The van der Waals surface area contributed by atoms with Gasteiger partial charge in [0.15, 0.2) is 0 Å². The SMILES string of the molecule is CCOC(=O)C1=C[C@@H](C)[C@@H](C)[C@H](OS(C)(=O)=O)C1. The Bertz CT molecular complexity index is 437. The first kappa shape index (κ1) is 15.2. The largest absolute Gasteiger partial charge is 0.463 e. The molecule has 3 atom stereocenters. The highest BCUT2D eigenvalue weighted by Gasteiger charge is 2.33. The smallest absolute Gasteiger partial charge is 0.333 e. The van der Waals surface area contributed by atoms with E-state index in [2.05, 4.69) is 0 Å². The monoisotopic (exact) mass is 276 g/mol. The molecule has 104 valence electrons. The van der Waals surface area contributed by atoms with Gasteiger partial charge in [-0.2, -0.15) is 8.42 Å². The molecule has 0 radical (unpaired) electrons. The Kier molecular flexibility index (Phi) is 4.92. The number of hydrogen-bond donors (Lipinski definition) is 0. The lowest BCUT2D eigenvalue weighted by atomic mass is 9.81. The van der Waals surface area contributed by atoms with Gasteiger partial charge in [0.25, 0.3) is 10.1 Å². The molecule has 0 saturated heterocycles. The van der Waals surface area contributed by atoms with Crippen molar-refractivity contribution in [1.82, 2.24) is 0 Å². The van der Waals surface area contributed by atoms with Crippen molar-refractivity contribution in [3.8, 4) is 0 Å². The maximum Gasteiger partial charge on any atom is 0.333 e. The minimum Gasteiger partial charge on any atom is -0.463 e. The Labute approximate surface area is 108 Å². The van der Waals surface area contributed by atoms with Gasteiger partial charge in [-0.1, -0.05) is 19.9 Å². The Balaban J connectivity index is 2.86. The standard InChI is InChI=1S/C12H20O5S/c1-5-16-12(13)10-6-8(2)9(3)11(7-10)17-18(4,14)15/h6,8-9,11H,5,7H2,1-4H3/t8-,9-,11-/m1/s1. The number of rotatable bonds is 4. The zero-order valence-electron chi connectivity index (χ0n) is 11.2. The highest BCUT2D eigenvalue weighted by atomic mass is 32.2. The molecule has 0 amide bonds. The second-order valence-electron chi connectivity index (χ2n) is 4.67. The fourth-order valence-electron chi connectivity index (χ4n) is 2.00. The zero-order valence-corrected chi connectivity index (χ0v) is 12.0. The molecule has 0 bridgehead atoms. The third kappa shape index (κ3) is 4.10. The van der Waals surface area contributed by atoms with E-state index in [0.717, 1.165) is 6.26 Å². The Morgan fingerprint density at radius 1 is 1.44 bits per heavy atom. The van der Waals surface area contributed by atoms with Gasteiger partial charge in [0.2, 0.25) is 0 Å². The van der Waals surface area contributed by atoms with Crippen LogP contribution in [0.5, 0.6) is 0 Å². The summed E-state index contributed by atoms with van der Waals surface area (Å²) in [5, 5.41) is 0. The van der Waals surface area contributed by atoms with Crippen LogP contribution in [0.25, 0.3) is 0 Å². The van der Waals surface area contributed by atoms with Gasteiger partial charge in [0, 0.05) is 12.0 Å². The van der Waals surface area contributed by atoms with Crippen molar-refractivity contribution in [2.75, 3.05) is 12.9 Å². The number of allylic oxidation sites excluding steroid dienone is 1. The van der Waals surface area contributed by atoms with E-state index in [-0.39, 0.29) is 18.3 Å². The Morgan fingerprint density at radius 3 is 2.56 bits per heavy atom. The summed E-state index contributed by atoms with van der Waals surface area (Å²) in [5.41, 5.74) is 0.496. The lowest BCUT2D eigenvalue weighted by Crippen LogP contribution is -2.34. The first-order valence-corrected chi connectivity index (χ1v) is 7.82. The quantitative estimate of drug-likeness (QED) is 0.575. The van der Waals surface area contributed by atoms with E-state index in [1.165, 1.54) is 0 Å². The maximum atomic E-state index is 11.7. The van der Waals surface area contributed by atoms with Gasteiger partial charge in [0.05, 0.1) is 19.0 Å². The van der Waals surface area contributed by atoms with Crippen LogP contribution in [0.15, 0.2) is 11.6 Å². The first-order chi connectivity index (χ1) is 8.24. The molecular weight excluding hydrogens is 256 g/mol. The number of esters is 1. The van der Waals surface area contributed by atoms with E-state index < -0.39 is 22.2 Å². The highest BCUT2D eigenvalue weighted by Crippen LogP contribution is 2.32. The van der Waals surface area contributed by atoms with E-state index in [4.69, 9.17) is 8.92 Å². The van der Waals surface area contributed by atoms with Crippen LogP contribution in [0.3, 0.4) is 0 Å². The van der Waals surface area contributed by atoms with Crippen LogP contribution < -0.4 is 0 Å². The van der Waals surface area contributed by atoms with Gasteiger partial charge >= 0.3 is 5.97 Å². The van der Waals surface area contributed by atoms with Gasteiger partial charge in [-0.25, -0.2) is 4.79 Å². The fourth-order valence-corrected chi connectivity index (χ4v) is 2.69. The molecule has 0 aliphatic heterocycles. The molecule has 0 aromatic heterocycles. The minimum absolute atomic E-state index is 0.0397. The summed E-state index contributed by atoms with van der Waals surface area (Å²) in [6.07, 6.45) is 2.63. The summed E-state index contributed by atoms with van der Waals surface area (Å²) in [5.74, 6) is -0.277. The summed E-state index contributed by atoms with van der Waals surface area (Å²) >= 11 is 0. The molecule has 1 rings (SSSR count). The molecule has 5 nitrogen and oxygen atoms in total. The summed E-state index contributed by atoms with van der Waals surface area (Å²) in [6.45, 7) is 5.89. The van der Waals surface area contributed by atoms with Crippen molar-refractivity contribution in [1.29, 1.82) is 0 Å². The average molecular weight is 276 g/mol. The van der Waals surface area contributed by atoms with Crippen molar-refractivity contribution < 1.29 is 22.1 Å². The number of carbonyl (C=O) groups is 1. The number of carbonyl (C=O) groups excluding carboxylic acids is 1. The van der Waals surface area contributed by atoms with Gasteiger partial charge in [0.1, 0.15) is 0 Å². The molecule has 0 heterocycles. The number of ether oxygens (including phenoxy) is 1. The van der Waals surface area contributed by atoms with E-state index in [0.29, 0.717) is 12.2 Å². The minimum atomic E-state index is -3.52. The molecule has 1 aliphatic carbocycles. The lowest BCUT2D eigenvalue weighted by molar-refractivity contribution is -0.139. The molecule has 0 aromatic rings. The van der Waals surface area contributed by atoms with Crippen LogP contribution in [-0.4, -0.2) is 33.4 Å². The van der Waals surface area contributed by atoms with Crippen molar-refractivity contribution in [3.05, 3.63) is 11.6 Å². The van der Waals surface area contributed by atoms with Crippen molar-refractivity contribution in [2.24, 2.45) is 11.8 Å². The lowest BCUT2D eigenvalue weighted by Gasteiger charge is -2.31. The molecular formula is C12H20O5S.